The van der Waals surface area contributed by atoms with Gasteiger partial charge in [0.05, 0.1) is 10.5 Å². The van der Waals surface area contributed by atoms with Crippen molar-refractivity contribution in [2.24, 2.45) is 5.41 Å². The van der Waals surface area contributed by atoms with Crippen LogP contribution < -0.4 is 5.32 Å². The highest BCUT2D eigenvalue weighted by atomic mass is 32.2. The van der Waals surface area contributed by atoms with Crippen LogP contribution in [-0.2, 0) is 4.79 Å². The molecule has 23 heavy (non-hydrogen) atoms. The second kappa shape index (κ2) is 5.84. The highest BCUT2D eigenvalue weighted by molar-refractivity contribution is 8.26. The zero-order valence-corrected chi connectivity index (χ0v) is 14.5. The Labute approximate surface area is 143 Å². The largest absolute Gasteiger partial charge is 0.455 e. The van der Waals surface area contributed by atoms with Gasteiger partial charge in [-0.25, -0.2) is 0 Å². The van der Waals surface area contributed by atoms with Crippen LogP contribution in [0.4, 0.5) is 0 Å². The number of nitrogens with one attached hydrogen (secondary N) is 1. The zero-order chi connectivity index (χ0) is 16.6. The van der Waals surface area contributed by atoms with E-state index >= 15 is 0 Å². The molecular formula is C17H14N2O2S2. The van der Waals surface area contributed by atoms with Gasteiger partial charge in [-0.2, -0.15) is 0 Å². The lowest BCUT2D eigenvalue weighted by Crippen LogP contribution is -2.17. The number of aromatic nitrogens is 1. The average Bonchev–Trinajstić information content (AvgIpc) is 2.99. The zero-order valence-electron chi connectivity index (χ0n) is 12.9. The van der Waals surface area contributed by atoms with E-state index in [1.54, 1.807) is 18.5 Å². The van der Waals surface area contributed by atoms with Crippen molar-refractivity contribution in [3.63, 3.8) is 0 Å². The van der Waals surface area contributed by atoms with Crippen LogP contribution in [-0.4, -0.2) is 15.2 Å². The summed E-state index contributed by atoms with van der Waals surface area (Å²) < 4.78 is 6.31. The smallest absolute Gasteiger partial charge is 0.263 e. The van der Waals surface area contributed by atoms with E-state index in [0.717, 1.165) is 10.9 Å². The molecule has 3 rings (SSSR count). The maximum Gasteiger partial charge on any atom is 0.263 e. The molecule has 2 aromatic heterocycles. The summed E-state index contributed by atoms with van der Waals surface area (Å²) in [5, 5.41) is 3.43. The van der Waals surface area contributed by atoms with Gasteiger partial charge < -0.3 is 9.73 Å². The molecule has 1 amide bonds. The number of hydrogen-bond donors (Lipinski definition) is 1. The maximum absolute atomic E-state index is 11.7. The Morgan fingerprint density at radius 3 is 2.83 bits per heavy atom. The number of carbonyl (C=O) groups is 1. The fraction of sp³-hybridized carbons (Fsp3) is 0.235. The van der Waals surface area contributed by atoms with Gasteiger partial charge in [0, 0.05) is 29.3 Å². The summed E-state index contributed by atoms with van der Waals surface area (Å²) in [6, 6.07) is 1.84. The van der Waals surface area contributed by atoms with Crippen molar-refractivity contribution in [1.29, 1.82) is 0 Å². The van der Waals surface area contributed by atoms with Gasteiger partial charge in [0.2, 0.25) is 0 Å². The predicted octanol–water partition coefficient (Wildman–Crippen LogP) is 3.71. The second-order valence-corrected chi connectivity index (χ2v) is 7.83. The van der Waals surface area contributed by atoms with Crippen molar-refractivity contribution >= 4 is 51.3 Å². The van der Waals surface area contributed by atoms with Crippen LogP contribution in [0.3, 0.4) is 0 Å². The van der Waals surface area contributed by atoms with E-state index in [0.29, 0.717) is 20.6 Å². The summed E-state index contributed by atoms with van der Waals surface area (Å²) >= 11 is 6.20. The highest BCUT2D eigenvalue weighted by Gasteiger charge is 2.22. The molecule has 0 spiro atoms. The minimum atomic E-state index is -0.202. The quantitative estimate of drug-likeness (QED) is 0.486. The van der Waals surface area contributed by atoms with Gasteiger partial charge in [-0.15, -0.1) is 0 Å². The standard InChI is InChI=1S/C17H14N2O2S2/c1-17(2,3)5-4-10-8-18-9-11-6-12(21-14(10)11)7-13-15(20)19-16(22)23-13/h6-9H,1-3H3,(H,19,20,22)/b13-7-. The second-order valence-electron chi connectivity index (χ2n) is 6.11. The van der Waals surface area contributed by atoms with Crippen LogP contribution in [0.2, 0.25) is 0 Å². The maximum atomic E-state index is 11.7. The molecule has 1 aliphatic heterocycles. The predicted molar refractivity (Wildman–Crippen MR) is 96.7 cm³/mol. The molecular weight excluding hydrogens is 328 g/mol. The van der Waals surface area contributed by atoms with Gasteiger partial charge in [0.15, 0.2) is 5.58 Å². The van der Waals surface area contributed by atoms with Gasteiger partial charge in [-0.05, 0) is 26.8 Å². The first-order valence-corrected chi connectivity index (χ1v) is 8.20. The van der Waals surface area contributed by atoms with Crippen molar-refractivity contribution in [3.05, 3.63) is 34.7 Å². The fourth-order valence-corrected chi connectivity index (χ4v) is 2.97. The molecule has 116 valence electrons. The summed E-state index contributed by atoms with van der Waals surface area (Å²) in [6.07, 6.45) is 5.09. The third-order valence-electron chi connectivity index (χ3n) is 2.93. The number of nitrogens with zero attached hydrogens (tertiary/aromatic N) is 1. The Balaban J connectivity index is 2.02. The number of amides is 1. The molecule has 4 nitrogen and oxygen atoms in total. The molecule has 0 radical (unpaired) electrons. The van der Waals surface area contributed by atoms with Gasteiger partial charge >= 0.3 is 0 Å². The first kappa shape index (κ1) is 15.8. The number of fused-ring (bicyclic) bond motifs is 1. The van der Waals surface area contributed by atoms with Crippen molar-refractivity contribution in [2.45, 2.75) is 20.8 Å². The molecule has 0 aliphatic carbocycles. The van der Waals surface area contributed by atoms with Crippen molar-refractivity contribution in [1.82, 2.24) is 10.3 Å². The fourth-order valence-electron chi connectivity index (χ4n) is 1.95. The summed E-state index contributed by atoms with van der Waals surface area (Å²) in [4.78, 5) is 16.4. The molecule has 0 bridgehead atoms. The van der Waals surface area contributed by atoms with Crippen LogP contribution in [0, 0.1) is 17.3 Å². The van der Waals surface area contributed by atoms with Crippen molar-refractivity contribution in [2.75, 3.05) is 0 Å². The SMILES string of the molecule is CC(C)(C)C#Cc1cncc2cc(/C=C3\SC(=S)NC3=O)oc12. The molecule has 6 heteroatoms. The first-order valence-electron chi connectivity index (χ1n) is 6.97. The highest BCUT2D eigenvalue weighted by Crippen LogP contribution is 2.29. The molecule has 0 atom stereocenters. The van der Waals surface area contributed by atoms with Crippen molar-refractivity contribution < 1.29 is 9.21 Å². The van der Waals surface area contributed by atoms with E-state index in [2.05, 4.69) is 22.1 Å². The topological polar surface area (TPSA) is 55.1 Å². The number of furan rings is 1. The van der Waals surface area contributed by atoms with Crippen LogP contribution in [0.25, 0.3) is 17.0 Å². The van der Waals surface area contributed by atoms with E-state index in [9.17, 15) is 4.79 Å². The third-order valence-corrected chi connectivity index (χ3v) is 4.09. The number of carbonyl (C=O) groups excluding carboxylic acids is 1. The Hall–Kier alpha value is -2.10. The molecule has 1 fully saturated rings. The monoisotopic (exact) mass is 342 g/mol. The number of thioether (sulfide) groups is 1. The molecule has 0 unspecified atom stereocenters. The van der Waals surface area contributed by atoms with E-state index in [-0.39, 0.29) is 11.3 Å². The van der Waals surface area contributed by atoms with E-state index < -0.39 is 0 Å². The molecule has 0 aromatic carbocycles. The van der Waals surface area contributed by atoms with Crippen LogP contribution in [0.15, 0.2) is 27.8 Å². The number of hydrogen-bond acceptors (Lipinski definition) is 5. The average molecular weight is 342 g/mol. The van der Waals surface area contributed by atoms with Crippen LogP contribution >= 0.6 is 24.0 Å². The van der Waals surface area contributed by atoms with E-state index in [1.165, 1.54) is 11.8 Å². The van der Waals surface area contributed by atoms with Gasteiger partial charge in [0.25, 0.3) is 5.91 Å². The normalized spacial score (nSPS) is 16.6. The Kier molecular flexibility index (Phi) is 4.00. The Morgan fingerprint density at radius 2 is 2.17 bits per heavy atom. The number of thiocarbonyl (C=S) groups is 1. The molecule has 2 aromatic rings. The molecule has 0 saturated carbocycles. The Morgan fingerprint density at radius 1 is 1.39 bits per heavy atom. The van der Waals surface area contributed by atoms with Crippen LogP contribution in [0.5, 0.6) is 0 Å². The summed E-state index contributed by atoms with van der Waals surface area (Å²) in [6.45, 7) is 6.14. The molecule has 1 N–H and O–H groups in total. The summed E-state index contributed by atoms with van der Waals surface area (Å²) in [5.41, 5.74) is 1.31. The molecule has 3 heterocycles. The number of pyridine rings is 1. The van der Waals surface area contributed by atoms with Crippen molar-refractivity contribution in [3.8, 4) is 11.8 Å². The summed E-state index contributed by atoms with van der Waals surface area (Å²) in [7, 11) is 0. The molecule has 1 saturated heterocycles. The van der Waals surface area contributed by atoms with Crippen LogP contribution in [0.1, 0.15) is 32.1 Å². The molecule has 1 aliphatic rings. The minimum absolute atomic E-state index is 0.103. The van der Waals surface area contributed by atoms with Gasteiger partial charge in [0.1, 0.15) is 10.1 Å². The minimum Gasteiger partial charge on any atom is -0.455 e. The lowest BCUT2D eigenvalue weighted by atomic mass is 9.97. The Bertz CT molecular complexity index is 908. The third kappa shape index (κ3) is 3.63. The number of rotatable bonds is 1. The van der Waals surface area contributed by atoms with E-state index in [4.69, 9.17) is 16.6 Å². The first-order chi connectivity index (χ1) is 10.8. The lowest BCUT2D eigenvalue weighted by molar-refractivity contribution is -0.115. The van der Waals surface area contributed by atoms with Gasteiger partial charge in [-0.1, -0.05) is 35.8 Å². The van der Waals surface area contributed by atoms with Gasteiger partial charge in [-0.3, -0.25) is 9.78 Å². The van der Waals surface area contributed by atoms with E-state index in [1.807, 2.05) is 26.8 Å². The summed E-state index contributed by atoms with van der Waals surface area (Å²) in [5.74, 6) is 6.67. The lowest BCUT2D eigenvalue weighted by Gasteiger charge is -2.06.